The lowest BCUT2D eigenvalue weighted by atomic mass is 10.1. The fourth-order valence-electron chi connectivity index (χ4n) is 2.69. The van der Waals surface area contributed by atoms with Gasteiger partial charge in [0.05, 0.1) is 18.6 Å². The number of aryl methyl sites for hydroxylation is 1. The Morgan fingerprint density at radius 1 is 1.32 bits per heavy atom. The van der Waals surface area contributed by atoms with E-state index in [0.717, 1.165) is 28.3 Å². The molecular weight excluding hydrogens is 393 g/mol. The topological polar surface area (TPSA) is 81.5 Å². The third kappa shape index (κ3) is 5.15. The van der Waals surface area contributed by atoms with Gasteiger partial charge in [0.15, 0.2) is 0 Å². The summed E-state index contributed by atoms with van der Waals surface area (Å²) in [5, 5.41) is 21.4. The molecule has 2 heterocycles. The maximum atomic E-state index is 12.8. The number of β-amino-alcohol motifs (C(OH)–C–C–N with tert-alkyl or cyclic N) is 1. The summed E-state index contributed by atoms with van der Waals surface area (Å²) in [4.78, 5) is 10.2. The van der Waals surface area contributed by atoms with E-state index in [1.54, 1.807) is 23.9 Å². The molecule has 28 heavy (non-hydrogen) atoms. The number of hydrogen-bond donors (Lipinski definition) is 3. The SMILES string of the molecule is Cc1cc(Nc2nccc(C(F)(F)F)n2)cc(C2=CN(CC(O)CO)CS2)c1. The van der Waals surface area contributed by atoms with Crippen LogP contribution in [0.5, 0.6) is 0 Å². The predicted molar refractivity (Wildman–Crippen MR) is 102 cm³/mol. The van der Waals surface area contributed by atoms with E-state index in [-0.39, 0.29) is 12.6 Å². The number of nitrogens with zero attached hydrogens (tertiary/aromatic N) is 3. The molecule has 0 amide bonds. The standard InChI is InChI=1S/C18H19F3N4O2S/c1-11-4-12(15-8-25(10-28-15)7-14(27)9-26)6-13(5-11)23-17-22-3-2-16(24-17)18(19,20)21/h2-6,8,14,26-27H,7,9-10H2,1H3,(H,22,23,24). The summed E-state index contributed by atoms with van der Waals surface area (Å²) >= 11 is 1.57. The Balaban J connectivity index is 1.80. The molecule has 0 saturated carbocycles. The van der Waals surface area contributed by atoms with Gasteiger partial charge in [0.1, 0.15) is 5.69 Å². The lowest BCUT2D eigenvalue weighted by molar-refractivity contribution is -0.141. The van der Waals surface area contributed by atoms with Crippen molar-refractivity contribution in [2.45, 2.75) is 19.2 Å². The molecule has 0 fully saturated rings. The van der Waals surface area contributed by atoms with Crippen molar-refractivity contribution in [3.05, 3.63) is 53.5 Å². The summed E-state index contributed by atoms with van der Waals surface area (Å²) in [5.41, 5.74) is 1.37. The van der Waals surface area contributed by atoms with Crippen LogP contribution in [0.1, 0.15) is 16.8 Å². The Bertz CT molecular complexity index is 876. The van der Waals surface area contributed by atoms with Crippen LogP contribution in [0.3, 0.4) is 0 Å². The molecule has 2 aromatic rings. The van der Waals surface area contributed by atoms with E-state index in [0.29, 0.717) is 18.1 Å². The van der Waals surface area contributed by atoms with Crippen LogP contribution >= 0.6 is 11.8 Å². The van der Waals surface area contributed by atoms with Crippen LogP contribution in [0.25, 0.3) is 4.91 Å². The first kappa shape index (κ1) is 20.4. The third-order valence-electron chi connectivity index (χ3n) is 3.91. The number of benzene rings is 1. The maximum Gasteiger partial charge on any atom is 0.433 e. The van der Waals surface area contributed by atoms with Crippen LogP contribution < -0.4 is 5.32 Å². The number of thioether (sulfide) groups is 1. The van der Waals surface area contributed by atoms with Crippen molar-refractivity contribution in [2.75, 3.05) is 24.3 Å². The number of anilines is 2. The van der Waals surface area contributed by atoms with E-state index < -0.39 is 18.0 Å². The van der Waals surface area contributed by atoms with Gasteiger partial charge in [-0.05, 0) is 36.2 Å². The zero-order chi connectivity index (χ0) is 20.3. The van der Waals surface area contributed by atoms with Gasteiger partial charge in [-0.2, -0.15) is 13.2 Å². The summed E-state index contributed by atoms with van der Waals surface area (Å²) in [5.74, 6) is 0.506. The molecule has 6 nitrogen and oxygen atoms in total. The quantitative estimate of drug-likeness (QED) is 0.672. The van der Waals surface area contributed by atoms with Gasteiger partial charge in [0.2, 0.25) is 5.95 Å². The zero-order valence-corrected chi connectivity index (χ0v) is 15.8. The average Bonchev–Trinajstić information content (AvgIpc) is 3.09. The van der Waals surface area contributed by atoms with Gasteiger partial charge in [0, 0.05) is 29.5 Å². The first-order valence-electron chi connectivity index (χ1n) is 8.41. The Labute approximate surface area is 164 Å². The molecule has 3 N–H and O–H groups in total. The average molecular weight is 412 g/mol. The second-order valence-corrected chi connectivity index (χ2v) is 7.34. The van der Waals surface area contributed by atoms with Gasteiger partial charge >= 0.3 is 6.18 Å². The molecule has 0 aliphatic carbocycles. The molecule has 10 heteroatoms. The highest BCUT2D eigenvalue weighted by Gasteiger charge is 2.32. The van der Waals surface area contributed by atoms with Crippen molar-refractivity contribution >= 4 is 28.3 Å². The number of aliphatic hydroxyl groups excluding tert-OH is 2. The van der Waals surface area contributed by atoms with Gasteiger partial charge in [-0.25, -0.2) is 9.97 Å². The van der Waals surface area contributed by atoms with Crippen LogP contribution in [0.15, 0.2) is 36.7 Å². The number of rotatable bonds is 6. The minimum absolute atomic E-state index is 0.132. The molecule has 150 valence electrons. The highest BCUT2D eigenvalue weighted by molar-refractivity contribution is 8.08. The normalized spacial score (nSPS) is 15.5. The van der Waals surface area contributed by atoms with Gasteiger partial charge in [-0.1, -0.05) is 6.07 Å². The molecule has 1 atom stereocenters. The Morgan fingerprint density at radius 3 is 2.82 bits per heavy atom. The maximum absolute atomic E-state index is 12.8. The van der Waals surface area contributed by atoms with Crippen LogP contribution in [-0.4, -0.2) is 50.2 Å². The van der Waals surface area contributed by atoms with E-state index in [2.05, 4.69) is 15.3 Å². The Hall–Kier alpha value is -2.30. The number of nitrogens with one attached hydrogen (secondary N) is 1. The van der Waals surface area contributed by atoms with Crippen molar-refractivity contribution in [1.29, 1.82) is 0 Å². The van der Waals surface area contributed by atoms with E-state index in [4.69, 9.17) is 5.11 Å². The highest BCUT2D eigenvalue weighted by atomic mass is 32.2. The number of halogens is 3. The van der Waals surface area contributed by atoms with E-state index >= 15 is 0 Å². The van der Waals surface area contributed by atoms with Gasteiger partial charge in [0.25, 0.3) is 0 Å². The third-order valence-corrected chi connectivity index (χ3v) is 5.02. The Morgan fingerprint density at radius 2 is 2.11 bits per heavy atom. The van der Waals surface area contributed by atoms with Gasteiger partial charge in [-0.15, -0.1) is 11.8 Å². The lowest BCUT2D eigenvalue weighted by Crippen LogP contribution is -2.28. The van der Waals surface area contributed by atoms with Crippen LogP contribution in [0, 0.1) is 6.92 Å². The molecule has 0 saturated heterocycles. The summed E-state index contributed by atoms with van der Waals surface area (Å²) in [7, 11) is 0. The highest BCUT2D eigenvalue weighted by Crippen LogP contribution is 2.36. The van der Waals surface area contributed by atoms with Crippen LogP contribution in [0.2, 0.25) is 0 Å². The van der Waals surface area contributed by atoms with Crippen molar-refractivity contribution in [3.63, 3.8) is 0 Å². The summed E-state index contributed by atoms with van der Waals surface area (Å²) in [6, 6.07) is 6.38. The summed E-state index contributed by atoms with van der Waals surface area (Å²) in [6.45, 7) is 1.90. The fraction of sp³-hybridized carbons (Fsp3) is 0.333. The zero-order valence-electron chi connectivity index (χ0n) is 14.9. The van der Waals surface area contributed by atoms with Crippen LogP contribution in [0.4, 0.5) is 24.8 Å². The van der Waals surface area contributed by atoms with Crippen molar-refractivity contribution < 1.29 is 23.4 Å². The summed E-state index contributed by atoms with van der Waals surface area (Å²) < 4.78 is 38.5. The van der Waals surface area contributed by atoms with Crippen molar-refractivity contribution in [1.82, 2.24) is 14.9 Å². The molecule has 3 rings (SSSR count). The molecule has 1 aromatic carbocycles. The number of aromatic nitrogens is 2. The van der Waals surface area contributed by atoms with Crippen molar-refractivity contribution in [2.24, 2.45) is 0 Å². The molecule has 1 aromatic heterocycles. The van der Waals surface area contributed by atoms with Gasteiger partial charge < -0.3 is 20.4 Å². The van der Waals surface area contributed by atoms with E-state index in [9.17, 15) is 18.3 Å². The number of alkyl halides is 3. The van der Waals surface area contributed by atoms with E-state index in [1.807, 2.05) is 24.1 Å². The second kappa shape index (κ2) is 8.38. The van der Waals surface area contributed by atoms with Crippen molar-refractivity contribution in [3.8, 4) is 0 Å². The second-order valence-electron chi connectivity index (χ2n) is 6.35. The first-order valence-corrected chi connectivity index (χ1v) is 9.40. The Kier molecular flexibility index (Phi) is 6.11. The largest absolute Gasteiger partial charge is 0.433 e. The monoisotopic (exact) mass is 412 g/mol. The molecule has 0 radical (unpaired) electrons. The number of hydrogen-bond acceptors (Lipinski definition) is 7. The fourth-order valence-corrected chi connectivity index (χ4v) is 3.68. The smallest absolute Gasteiger partial charge is 0.394 e. The molecule has 1 unspecified atom stereocenters. The summed E-state index contributed by atoms with van der Waals surface area (Å²) in [6.07, 6.45) is -2.40. The molecule has 0 spiro atoms. The molecular formula is C18H19F3N4O2S. The molecule has 1 aliphatic rings. The van der Waals surface area contributed by atoms with Gasteiger partial charge in [-0.3, -0.25) is 0 Å². The van der Waals surface area contributed by atoms with E-state index in [1.165, 1.54) is 0 Å². The molecule has 0 bridgehead atoms. The minimum atomic E-state index is -4.54. The first-order chi connectivity index (χ1) is 13.2. The number of aliphatic hydroxyl groups is 2. The lowest BCUT2D eigenvalue weighted by Gasteiger charge is -2.16. The predicted octanol–water partition coefficient (Wildman–Crippen LogP) is 3.21. The molecule has 1 aliphatic heterocycles. The van der Waals surface area contributed by atoms with Crippen LogP contribution in [-0.2, 0) is 6.18 Å². The minimum Gasteiger partial charge on any atom is -0.394 e.